The van der Waals surface area contributed by atoms with Crippen LogP contribution in [0.1, 0.15) is 13.8 Å². The van der Waals surface area contributed by atoms with E-state index in [9.17, 15) is 0 Å². The molecule has 0 saturated heterocycles. The number of halogens is 1. The molecule has 0 amide bonds. The summed E-state index contributed by atoms with van der Waals surface area (Å²) in [5.74, 6) is 0.885. The number of rotatable bonds is 3. The third kappa shape index (κ3) is 2.55. The van der Waals surface area contributed by atoms with E-state index in [0.29, 0.717) is 6.04 Å². The van der Waals surface area contributed by atoms with Gasteiger partial charge in [-0.15, -0.1) is 0 Å². The van der Waals surface area contributed by atoms with Crippen molar-refractivity contribution in [1.82, 2.24) is 9.55 Å². The smallest absolute Gasteiger partial charge is 0.207 e. The molecule has 0 aliphatic carbocycles. The molecule has 2 aromatic rings. The van der Waals surface area contributed by atoms with Crippen LogP contribution < -0.4 is 5.32 Å². The SMILES string of the molecule is CC(C)Nc1nccn1-c1ccc(I)cc1. The summed E-state index contributed by atoms with van der Waals surface area (Å²) in [4.78, 5) is 4.31. The van der Waals surface area contributed by atoms with Gasteiger partial charge in [-0.05, 0) is 60.7 Å². The molecular formula is C12H14IN3. The maximum absolute atomic E-state index is 4.31. The Morgan fingerprint density at radius 1 is 1.25 bits per heavy atom. The van der Waals surface area contributed by atoms with Gasteiger partial charge in [0, 0.05) is 27.7 Å². The van der Waals surface area contributed by atoms with E-state index in [2.05, 4.69) is 75.6 Å². The molecule has 1 aromatic carbocycles. The summed E-state index contributed by atoms with van der Waals surface area (Å²) in [6, 6.07) is 8.75. The van der Waals surface area contributed by atoms with Crippen molar-refractivity contribution in [3.8, 4) is 5.69 Å². The number of imidazole rings is 1. The number of benzene rings is 1. The van der Waals surface area contributed by atoms with Crippen LogP contribution in [0.4, 0.5) is 5.95 Å². The molecule has 0 bridgehead atoms. The van der Waals surface area contributed by atoms with Crippen LogP contribution >= 0.6 is 22.6 Å². The van der Waals surface area contributed by atoms with Gasteiger partial charge in [0.1, 0.15) is 0 Å². The monoisotopic (exact) mass is 327 g/mol. The predicted octanol–water partition coefficient (Wildman–Crippen LogP) is 3.30. The van der Waals surface area contributed by atoms with Crippen molar-refractivity contribution in [3.05, 3.63) is 40.2 Å². The zero-order chi connectivity index (χ0) is 11.5. The molecule has 0 fully saturated rings. The standard InChI is InChI=1S/C12H14IN3/c1-9(2)15-12-14-7-8-16(12)11-5-3-10(13)4-6-11/h3-9H,1-2H3,(H,14,15). The Kier molecular flexibility index (Phi) is 3.48. The minimum Gasteiger partial charge on any atom is -0.353 e. The number of anilines is 1. The maximum Gasteiger partial charge on any atom is 0.207 e. The van der Waals surface area contributed by atoms with Gasteiger partial charge in [0.2, 0.25) is 5.95 Å². The van der Waals surface area contributed by atoms with Gasteiger partial charge in [0.15, 0.2) is 0 Å². The largest absolute Gasteiger partial charge is 0.353 e. The fraction of sp³-hybridized carbons (Fsp3) is 0.250. The van der Waals surface area contributed by atoms with Crippen LogP contribution in [0.15, 0.2) is 36.7 Å². The molecule has 0 atom stereocenters. The molecule has 84 valence electrons. The van der Waals surface area contributed by atoms with E-state index in [0.717, 1.165) is 11.6 Å². The molecular weight excluding hydrogens is 313 g/mol. The summed E-state index contributed by atoms with van der Waals surface area (Å²) in [7, 11) is 0. The quantitative estimate of drug-likeness (QED) is 0.877. The Hall–Kier alpha value is -1.04. The van der Waals surface area contributed by atoms with Crippen LogP contribution in [0.25, 0.3) is 5.69 Å². The molecule has 4 heteroatoms. The summed E-state index contributed by atoms with van der Waals surface area (Å²) in [5.41, 5.74) is 1.13. The zero-order valence-electron chi connectivity index (χ0n) is 9.31. The molecule has 1 aromatic heterocycles. The highest BCUT2D eigenvalue weighted by Crippen LogP contribution is 2.16. The van der Waals surface area contributed by atoms with Crippen molar-refractivity contribution >= 4 is 28.5 Å². The molecule has 0 spiro atoms. The van der Waals surface area contributed by atoms with E-state index in [4.69, 9.17) is 0 Å². The van der Waals surface area contributed by atoms with Gasteiger partial charge in [-0.3, -0.25) is 4.57 Å². The van der Waals surface area contributed by atoms with Crippen LogP contribution in [0.3, 0.4) is 0 Å². The van der Waals surface area contributed by atoms with E-state index < -0.39 is 0 Å². The van der Waals surface area contributed by atoms with Gasteiger partial charge < -0.3 is 5.32 Å². The lowest BCUT2D eigenvalue weighted by molar-refractivity contribution is 0.864. The summed E-state index contributed by atoms with van der Waals surface area (Å²) in [6.45, 7) is 4.21. The third-order valence-corrected chi connectivity index (χ3v) is 2.88. The first-order chi connectivity index (χ1) is 7.66. The Bertz CT molecular complexity index is 459. The Morgan fingerprint density at radius 3 is 2.56 bits per heavy atom. The van der Waals surface area contributed by atoms with Crippen molar-refractivity contribution in [1.29, 1.82) is 0 Å². The van der Waals surface area contributed by atoms with Crippen LogP contribution in [-0.2, 0) is 0 Å². The highest BCUT2D eigenvalue weighted by Gasteiger charge is 2.05. The summed E-state index contributed by atoms with van der Waals surface area (Å²) in [5, 5.41) is 3.32. The molecule has 0 saturated carbocycles. The average molecular weight is 327 g/mol. The van der Waals surface area contributed by atoms with Gasteiger partial charge >= 0.3 is 0 Å². The fourth-order valence-electron chi connectivity index (χ4n) is 1.48. The highest BCUT2D eigenvalue weighted by atomic mass is 127. The fourth-order valence-corrected chi connectivity index (χ4v) is 1.84. The number of nitrogens with zero attached hydrogens (tertiary/aromatic N) is 2. The van der Waals surface area contributed by atoms with Gasteiger partial charge in [0.25, 0.3) is 0 Å². The molecule has 0 aliphatic heterocycles. The molecule has 1 heterocycles. The third-order valence-electron chi connectivity index (χ3n) is 2.16. The first-order valence-electron chi connectivity index (χ1n) is 5.22. The van der Waals surface area contributed by atoms with E-state index in [1.54, 1.807) is 0 Å². The van der Waals surface area contributed by atoms with E-state index >= 15 is 0 Å². The number of nitrogens with one attached hydrogen (secondary N) is 1. The average Bonchev–Trinajstić information content (AvgIpc) is 2.66. The zero-order valence-corrected chi connectivity index (χ0v) is 11.5. The highest BCUT2D eigenvalue weighted by molar-refractivity contribution is 14.1. The molecule has 1 N–H and O–H groups in total. The van der Waals surface area contributed by atoms with Crippen molar-refractivity contribution in [3.63, 3.8) is 0 Å². The van der Waals surface area contributed by atoms with Gasteiger partial charge in [-0.25, -0.2) is 4.98 Å². The van der Waals surface area contributed by atoms with Gasteiger partial charge in [0.05, 0.1) is 0 Å². The van der Waals surface area contributed by atoms with Crippen molar-refractivity contribution in [2.45, 2.75) is 19.9 Å². The van der Waals surface area contributed by atoms with Crippen molar-refractivity contribution in [2.75, 3.05) is 5.32 Å². The topological polar surface area (TPSA) is 29.9 Å². The molecule has 3 nitrogen and oxygen atoms in total. The predicted molar refractivity (Wildman–Crippen MR) is 75.0 cm³/mol. The van der Waals surface area contributed by atoms with Crippen molar-refractivity contribution in [2.24, 2.45) is 0 Å². The molecule has 16 heavy (non-hydrogen) atoms. The molecule has 0 radical (unpaired) electrons. The second-order valence-corrected chi connectivity index (χ2v) is 5.14. The van der Waals surface area contributed by atoms with E-state index in [-0.39, 0.29) is 0 Å². The summed E-state index contributed by atoms with van der Waals surface area (Å²) >= 11 is 2.30. The van der Waals surface area contributed by atoms with Gasteiger partial charge in [-0.2, -0.15) is 0 Å². The minimum atomic E-state index is 0.380. The number of hydrogen-bond donors (Lipinski definition) is 1. The van der Waals surface area contributed by atoms with E-state index in [1.165, 1.54) is 3.57 Å². The molecule has 0 aliphatic rings. The summed E-state index contributed by atoms with van der Waals surface area (Å²) in [6.07, 6.45) is 3.77. The normalized spacial score (nSPS) is 10.8. The second kappa shape index (κ2) is 4.86. The van der Waals surface area contributed by atoms with Crippen LogP contribution in [-0.4, -0.2) is 15.6 Å². The Balaban J connectivity index is 2.33. The van der Waals surface area contributed by atoms with Crippen LogP contribution in [0.5, 0.6) is 0 Å². The Morgan fingerprint density at radius 2 is 1.94 bits per heavy atom. The van der Waals surface area contributed by atoms with Crippen LogP contribution in [0.2, 0.25) is 0 Å². The number of aromatic nitrogens is 2. The molecule has 2 rings (SSSR count). The number of hydrogen-bond acceptors (Lipinski definition) is 2. The molecule has 0 unspecified atom stereocenters. The lowest BCUT2D eigenvalue weighted by Gasteiger charge is -2.12. The van der Waals surface area contributed by atoms with Crippen molar-refractivity contribution < 1.29 is 0 Å². The second-order valence-electron chi connectivity index (χ2n) is 3.90. The lowest BCUT2D eigenvalue weighted by Crippen LogP contribution is -2.13. The van der Waals surface area contributed by atoms with E-state index in [1.807, 2.05) is 12.4 Å². The first kappa shape index (κ1) is 11.4. The first-order valence-corrected chi connectivity index (χ1v) is 6.30. The van der Waals surface area contributed by atoms with Gasteiger partial charge in [-0.1, -0.05) is 0 Å². The van der Waals surface area contributed by atoms with Crippen LogP contribution in [0, 0.1) is 3.57 Å². The Labute approximate surface area is 109 Å². The maximum atomic E-state index is 4.31. The minimum absolute atomic E-state index is 0.380. The lowest BCUT2D eigenvalue weighted by atomic mass is 10.3. The summed E-state index contributed by atoms with van der Waals surface area (Å²) < 4.78 is 3.29.